The minimum absolute atomic E-state index is 0.0681. The molecule has 0 amide bonds. The van der Waals surface area contributed by atoms with Gasteiger partial charge in [-0.3, -0.25) is 10.1 Å². The van der Waals surface area contributed by atoms with E-state index in [-0.39, 0.29) is 10.7 Å². The van der Waals surface area contributed by atoms with E-state index in [2.05, 4.69) is 25.9 Å². The van der Waals surface area contributed by atoms with Crippen LogP contribution in [0.5, 0.6) is 0 Å². The van der Waals surface area contributed by atoms with Gasteiger partial charge in [-0.15, -0.1) is 10.2 Å². The first kappa shape index (κ1) is 21.2. The molecule has 3 rings (SSSR count). The van der Waals surface area contributed by atoms with Gasteiger partial charge in [0.1, 0.15) is 10.7 Å². The van der Waals surface area contributed by atoms with Crippen LogP contribution < -0.4 is 15.7 Å². The van der Waals surface area contributed by atoms with Crippen LogP contribution in [0.3, 0.4) is 0 Å². The Balaban J connectivity index is 2.05. The maximum atomic E-state index is 14.8. The number of hydrazine groups is 2. The molecule has 2 heterocycles. The second-order valence-corrected chi connectivity index (χ2v) is 8.99. The number of hydrazone groups is 1. The van der Waals surface area contributed by atoms with E-state index in [4.69, 9.17) is 0 Å². The van der Waals surface area contributed by atoms with Gasteiger partial charge in [0, 0.05) is 26.2 Å². The lowest BCUT2D eigenvalue weighted by molar-refractivity contribution is 0.230. The molecule has 3 N–H and O–H groups in total. The zero-order valence-electron chi connectivity index (χ0n) is 17.3. The highest BCUT2D eigenvalue weighted by Crippen LogP contribution is 2.29. The third kappa shape index (κ3) is 4.11. The number of sulfonamides is 1. The molecule has 158 valence electrons. The molecule has 0 fully saturated rings. The van der Waals surface area contributed by atoms with Crippen molar-refractivity contribution >= 4 is 15.9 Å². The highest BCUT2D eigenvalue weighted by atomic mass is 32.2. The van der Waals surface area contributed by atoms with E-state index in [0.717, 1.165) is 11.1 Å². The van der Waals surface area contributed by atoms with Crippen molar-refractivity contribution < 1.29 is 12.8 Å². The molecule has 11 heteroatoms. The number of rotatable bonds is 6. The molecule has 1 aromatic carbocycles. The molecular formula is C18H26FN7O2S. The van der Waals surface area contributed by atoms with Crippen LogP contribution in [0.15, 0.2) is 28.3 Å². The van der Waals surface area contributed by atoms with Crippen LogP contribution >= 0.6 is 0 Å². The molecular weight excluding hydrogens is 397 g/mol. The van der Waals surface area contributed by atoms with Crippen molar-refractivity contribution in [2.75, 3.05) is 7.05 Å². The van der Waals surface area contributed by atoms with E-state index in [1.54, 1.807) is 34.0 Å². The normalized spacial score (nSPS) is 16.9. The number of hydrogen-bond donors (Lipinski definition) is 3. The number of nitrogens with one attached hydrogen (secondary N) is 3. The predicted molar refractivity (Wildman–Crippen MR) is 108 cm³/mol. The zero-order valence-corrected chi connectivity index (χ0v) is 18.1. The lowest BCUT2D eigenvalue weighted by atomic mass is 9.87. The van der Waals surface area contributed by atoms with Gasteiger partial charge in [0.2, 0.25) is 10.0 Å². The van der Waals surface area contributed by atoms with Gasteiger partial charge in [0.15, 0.2) is 5.84 Å². The maximum Gasteiger partial charge on any atom is 0.244 e. The maximum absolute atomic E-state index is 14.8. The zero-order chi connectivity index (χ0) is 21.5. The SMILES string of the molecule is Cc1ccc(F)c([C@@H](C)[C@H](NS(=O)(=O)c2cn(C)nc2C)C2=NNN(C)N2)c1C. The Kier molecular flexibility index (Phi) is 5.65. The average molecular weight is 424 g/mol. The topological polar surface area (TPSA) is 104 Å². The summed E-state index contributed by atoms with van der Waals surface area (Å²) >= 11 is 0. The van der Waals surface area contributed by atoms with Crippen LogP contribution in [0.4, 0.5) is 4.39 Å². The van der Waals surface area contributed by atoms with Gasteiger partial charge < -0.3 is 0 Å². The summed E-state index contributed by atoms with van der Waals surface area (Å²) in [5, 5.41) is 9.75. The Labute approximate surface area is 170 Å². The first-order valence-electron chi connectivity index (χ1n) is 9.13. The van der Waals surface area contributed by atoms with E-state index < -0.39 is 22.0 Å². The molecule has 2 atom stereocenters. The summed E-state index contributed by atoms with van der Waals surface area (Å²) < 4.78 is 45.1. The monoisotopic (exact) mass is 423 g/mol. The minimum atomic E-state index is -3.94. The molecule has 2 aromatic rings. The van der Waals surface area contributed by atoms with E-state index in [1.807, 2.05) is 13.8 Å². The lowest BCUT2D eigenvalue weighted by Gasteiger charge is -2.27. The van der Waals surface area contributed by atoms with Gasteiger partial charge in [0.25, 0.3) is 0 Å². The quantitative estimate of drug-likeness (QED) is 0.645. The Morgan fingerprint density at radius 2 is 1.90 bits per heavy atom. The summed E-state index contributed by atoms with van der Waals surface area (Å²) in [5.41, 5.74) is 8.18. The number of halogens is 1. The molecule has 0 bridgehead atoms. The second-order valence-electron chi connectivity index (χ2n) is 7.31. The van der Waals surface area contributed by atoms with Crippen molar-refractivity contribution in [2.45, 2.75) is 44.6 Å². The van der Waals surface area contributed by atoms with Gasteiger partial charge in [0.05, 0.1) is 11.7 Å². The van der Waals surface area contributed by atoms with Gasteiger partial charge in [-0.25, -0.2) is 18.3 Å². The summed E-state index contributed by atoms with van der Waals surface area (Å²) in [6, 6.07) is 2.27. The fourth-order valence-corrected chi connectivity index (χ4v) is 4.99. The number of aryl methyl sites for hydroxylation is 3. The lowest BCUT2D eigenvalue weighted by Crippen LogP contribution is -2.51. The molecule has 0 spiro atoms. The first-order valence-corrected chi connectivity index (χ1v) is 10.6. The average Bonchev–Trinajstić information content (AvgIpc) is 3.21. The van der Waals surface area contributed by atoms with Crippen molar-refractivity contribution in [1.82, 2.24) is 30.6 Å². The summed E-state index contributed by atoms with van der Waals surface area (Å²) in [6.45, 7) is 7.12. The summed E-state index contributed by atoms with van der Waals surface area (Å²) in [6.07, 6.45) is 1.44. The molecule has 1 aromatic heterocycles. The van der Waals surface area contributed by atoms with Gasteiger partial charge >= 0.3 is 0 Å². The van der Waals surface area contributed by atoms with Crippen molar-refractivity contribution in [3.05, 3.63) is 46.5 Å². The van der Waals surface area contributed by atoms with Crippen molar-refractivity contribution in [2.24, 2.45) is 12.1 Å². The van der Waals surface area contributed by atoms with E-state index in [0.29, 0.717) is 17.1 Å². The molecule has 0 radical (unpaired) electrons. The van der Waals surface area contributed by atoms with Crippen LogP contribution in [-0.4, -0.2) is 42.2 Å². The summed E-state index contributed by atoms with van der Waals surface area (Å²) in [4.78, 5) is 0.0681. The van der Waals surface area contributed by atoms with E-state index in [9.17, 15) is 12.8 Å². The van der Waals surface area contributed by atoms with Crippen molar-refractivity contribution in [3.63, 3.8) is 0 Å². The molecule has 0 saturated heterocycles. The largest absolute Gasteiger partial charge is 0.285 e. The van der Waals surface area contributed by atoms with Crippen LogP contribution in [0.1, 0.15) is 35.2 Å². The number of amidine groups is 1. The fraction of sp³-hybridized carbons (Fsp3) is 0.444. The number of benzene rings is 1. The summed E-state index contributed by atoms with van der Waals surface area (Å²) in [5.74, 6) is -0.589. The first-order chi connectivity index (χ1) is 13.5. The van der Waals surface area contributed by atoms with Crippen molar-refractivity contribution in [1.29, 1.82) is 0 Å². The van der Waals surface area contributed by atoms with Gasteiger partial charge in [-0.05, 0) is 43.5 Å². The fourth-order valence-electron chi connectivity index (χ4n) is 3.49. The van der Waals surface area contributed by atoms with E-state index in [1.165, 1.54) is 22.1 Å². The Morgan fingerprint density at radius 1 is 1.21 bits per heavy atom. The van der Waals surface area contributed by atoms with Crippen molar-refractivity contribution in [3.8, 4) is 0 Å². The van der Waals surface area contributed by atoms with Crippen LogP contribution in [0.2, 0.25) is 0 Å². The highest BCUT2D eigenvalue weighted by molar-refractivity contribution is 7.89. The third-order valence-electron chi connectivity index (χ3n) is 5.13. The second kappa shape index (κ2) is 7.73. The van der Waals surface area contributed by atoms with E-state index >= 15 is 0 Å². The van der Waals surface area contributed by atoms with Gasteiger partial charge in [-0.2, -0.15) is 9.82 Å². The Hall–Kier alpha value is -2.50. The number of hydrogen-bond acceptors (Lipinski definition) is 7. The molecule has 1 aliphatic rings. The Bertz CT molecular complexity index is 1060. The molecule has 1 aliphatic heterocycles. The number of nitrogens with zero attached hydrogens (tertiary/aromatic N) is 4. The molecule has 9 nitrogen and oxygen atoms in total. The van der Waals surface area contributed by atoms with Crippen LogP contribution in [0.25, 0.3) is 0 Å². The van der Waals surface area contributed by atoms with Gasteiger partial charge in [-0.1, -0.05) is 13.0 Å². The molecule has 29 heavy (non-hydrogen) atoms. The smallest absolute Gasteiger partial charge is 0.244 e. The standard InChI is InChI=1S/C18H26FN7O2S/c1-10-7-8-14(19)16(11(10)2)12(3)17(18-20-24-26(6)22-18)23-29(27,28)15-9-25(5)21-13(15)4/h7-9,12,17,23-24H,1-6H3,(H,20,22)/t12-,17+/m1/s1. The third-order valence-corrected chi connectivity index (χ3v) is 6.67. The number of aromatic nitrogens is 2. The highest BCUT2D eigenvalue weighted by Gasteiger charge is 2.35. The predicted octanol–water partition coefficient (Wildman–Crippen LogP) is 1.20. The molecule has 0 aliphatic carbocycles. The van der Waals surface area contributed by atoms with Crippen LogP contribution in [-0.2, 0) is 17.1 Å². The molecule has 0 saturated carbocycles. The minimum Gasteiger partial charge on any atom is -0.285 e. The summed E-state index contributed by atoms with van der Waals surface area (Å²) in [7, 11) is -0.593. The Morgan fingerprint density at radius 3 is 2.45 bits per heavy atom. The molecule has 0 unspecified atom stereocenters. The van der Waals surface area contributed by atoms with Crippen LogP contribution in [0, 0.1) is 26.6 Å².